The Hall–Kier alpha value is -2.77. The largest absolute Gasteiger partial charge is 0.453 e. The van der Waals surface area contributed by atoms with Crippen LogP contribution in [-0.4, -0.2) is 61.1 Å². The molecular weight excluding hydrogens is 324 g/mol. The van der Waals surface area contributed by atoms with Gasteiger partial charge in [0.1, 0.15) is 0 Å². The molecule has 0 saturated carbocycles. The van der Waals surface area contributed by atoms with Gasteiger partial charge in [-0.25, -0.2) is 9.59 Å². The van der Waals surface area contributed by atoms with E-state index < -0.39 is 0 Å². The molecule has 1 heterocycles. The molecule has 0 aliphatic carbocycles. The van der Waals surface area contributed by atoms with Gasteiger partial charge in [0.05, 0.1) is 7.11 Å². The van der Waals surface area contributed by atoms with E-state index in [9.17, 15) is 14.4 Å². The van der Waals surface area contributed by atoms with E-state index in [1.165, 1.54) is 7.11 Å². The summed E-state index contributed by atoms with van der Waals surface area (Å²) in [7, 11) is 1.35. The van der Waals surface area contributed by atoms with Crippen molar-refractivity contribution >= 4 is 29.4 Å². The molecule has 8 heteroatoms. The molecule has 136 valence electrons. The number of anilines is 2. The molecule has 0 radical (unpaired) electrons. The topological polar surface area (TPSA) is 91.0 Å². The Morgan fingerprint density at radius 1 is 1.04 bits per heavy atom. The first-order chi connectivity index (χ1) is 12.0. The van der Waals surface area contributed by atoms with Crippen LogP contribution >= 0.6 is 0 Å². The highest BCUT2D eigenvalue weighted by molar-refractivity contribution is 5.93. The molecule has 0 bridgehead atoms. The molecule has 1 aromatic rings. The molecule has 1 aromatic carbocycles. The number of hydrogen-bond acceptors (Lipinski definition) is 4. The number of hydrogen-bond donors (Lipinski definition) is 2. The lowest BCUT2D eigenvalue weighted by molar-refractivity contribution is -0.115. The van der Waals surface area contributed by atoms with Crippen molar-refractivity contribution in [1.29, 1.82) is 0 Å². The van der Waals surface area contributed by atoms with Crippen LogP contribution in [0.1, 0.15) is 19.8 Å². The van der Waals surface area contributed by atoms with Gasteiger partial charge in [-0.05, 0) is 24.6 Å². The normalized spacial score (nSPS) is 14.5. The van der Waals surface area contributed by atoms with Gasteiger partial charge in [0.15, 0.2) is 0 Å². The van der Waals surface area contributed by atoms with Crippen molar-refractivity contribution in [3.8, 4) is 0 Å². The van der Waals surface area contributed by atoms with Crippen LogP contribution in [0, 0.1) is 0 Å². The van der Waals surface area contributed by atoms with Crippen LogP contribution in [0.3, 0.4) is 0 Å². The van der Waals surface area contributed by atoms with Gasteiger partial charge >= 0.3 is 12.1 Å². The van der Waals surface area contributed by atoms with E-state index in [-0.39, 0.29) is 18.0 Å². The summed E-state index contributed by atoms with van der Waals surface area (Å²) in [5.74, 6) is -0.0844. The summed E-state index contributed by atoms with van der Waals surface area (Å²) in [4.78, 5) is 38.8. The molecule has 0 atom stereocenters. The van der Waals surface area contributed by atoms with Crippen molar-refractivity contribution in [3.63, 3.8) is 0 Å². The van der Waals surface area contributed by atoms with Crippen molar-refractivity contribution < 1.29 is 19.1 Å². The average Bonchev–Trinajstić information content (AvgIpc) is 2.87. The lowest BCUT2D eigenvalue weighted by Gasteiger charge is -2.22. The third-order valence-electron chi connectivity index (χ3n) is 3.93. The summed E-state index contributed by atoms with van der Waals surface area (Å²) in [5.41, 5.74) is 1.24. The molecule has 25 heavy (non-hydrogen) atoms. The summed E-state index contributed by atoms with van der Waals surface area (Å²) in [6, 6.07) is 6.78. The van der Waals surface area contributed by atoms with Gasteiger partial charge in [-0.3, -0.25) is 4.79 Å². The second kappa shape index (κ2) is 8.91. The smallest absolute Gasteiger partial charge is 0.409 e. The molecule has 1 aliphatic heterocycles. The second-order valence-electron chi connectivity index (χ2n) is 5.71. The number of nitrogens with zero attached hydrogens (tertiary/aromatic N) is 2. The van der Waals surface area contributed by atoms with Gasteiger partial charge in [-0.1, -0.05) is 13.0 Å². The second-order valence-corrected chi connectivity index (χ2v) is 5.71. The Morgan fingerprint density at radius 3 is 2.36 bits per heavy atom. The maximum Gasteiger partial charge on any atom is 0.409 e. The molecule has 0 unspecified atom stereocenters. The molecule has 0 spiro atoms. The predicted octanol–water partition coefficient (Wildman–Crippen LogP) is 2.34. The number of urea groups is 1. The number of methoxy groups -OCH3 is 1. The van der Waals surface area contributed by atoms with E-state index in [1.807, 2.05) is 0 Å². The molecule has 2 rings (SSSR count). The highest BCUT2D eigenvalue weighted by Gasteiger charge is 2.22. The number of rotatable bonds is 3. The number of carbonyl (C=O) groups excluding carboxylic acids is 3. The maximum absolute atomic E-state index is 12.4. The van der Waals surface area contributed by atoms with E-state index >= 15 is 0 Å². The zero-order valence-electron chi connectivity index (χ0n) is 14.6. The minimum Gasteiger partial charge on any atom is -0.453 e. The molecule has 1 saturated heterocycles. The fourth-order valence-corrected chi connectivity index (χ4v) is 2.56. The standard InChI is InChI=1S/C17H24N4O4/c1-3-15(22)18-13-6-4-7-14(12-13)19-16(23)20-8-5-9-21(11-10-20)17(24)25-2/h4,6-7,12H,3,5,8-11H2,1-2H3,(H,18,22)(H,19,23). The maximum atomic E-state index is 12.4. The van der Waals surface area contributed by atoms with Crippen LogP contribution in [0.25, 0.3) is 0 Å². The van der Waals surface area contributed by atoms with Gasteiger partial charge < -0.3 is 25.2 Å². The van der Waals surface area contributed by atoms with Gasteiger partial charge in [0.2, 0.25) is 5.91 Å². The van der Waals surface area contributed by atoms with Crippen LogP contribution < -0.4 is 10.6 Å². The Kier molecular flexibility index (Phi) is 6.62. The van der Waals surface area contributed by atoms with Gasteiger partial charge in [-0.2, -0.15) is 0 Å². The molecule has 0 aromatic heterocycles. The SMILES string of the molecule is CCC(=O)Nc1cccc(NC(=O)N2CCCN(C(=O)OC)CC2)c1. The lowest BCUT2D eigenvalue weighted by atomic mass is 10.2. The van der Waals surface area contributed by atoms with Gasteiger partial charge in [0, 0.05) is 44.0 Å². The Balaban J connectivity index is 1.94. The third-order valence-corrected chi connectivity index (χ3v) is 3.93. The Labute approximate surface area is 147 Å². The molecule has 2 N–H and O–H groups in total. The minimum atomic E-state index is -0.373. The quantitative estimate of drug-likeness (QED) is 0.877. The van der Waals surface area contributed by atoms with Crippen molar-refractivity contribution in [3.05, 3.63) is 24.3 Å². The molecular formula is C17H24N4O4. The van der Waals surface area contributed by atoms with E-state index in [2.05, 4.69) is 10.6 Å². The highest BCUT2D eigenvalue weighted by atomic mass is 16.5. The summed E-state index contributed by atoms with van der Waals surface area (Å²) < 4.78 is 4.72. The van der Waals surface area contributed by atoms with Crippen molar-refractivity contribution in [1.82, 2.24) is 9.80 Å². The monoisotopic (exact) mass is 348 g/mol. The summed E-state index contributed by atoms with van der Waals surface area (Å²) >= 11 is 0. The number of benzene rings is 1. The number of ether oxygens (including phenoxy) is 1. The van der Waals surface area contributed by atoms with Crippen LogP contribution in [0.4, 0.5) is 21.0 Å². The van der Waals surface area contributed by atoms with E-state index in [1.54, 1.807) is 41.0 Å². The van der Waals surface area contributed by atoms with Crippen LogP contribution in [0.15, 0.2) is 24.3 Å². The molecule has 8 nitrogen and oxygen atoms in total. The van der Waals surface area contributed by atoms with Crippen molar-refractivity contribution in [2.24, 2.45) is 0 Å². The highest BCUT2D eigenvalue weighted by Crippen LogP contribution is 2.16. The van der Waals surface area contributed by atoms with Crippen LogP contribution in [0.2, 0.25) is 0 Å². The fraction of sp³-hybridized carbons (Fsp3) is 0.471. The molecule has 1 fully saturated rings. The van der Waals surface area contributed by atoms with Crippen LogP contribution in [-0.2, 0) is 9.53 Å². The third kappa shape index (κ3) is 5.37. The van der Waals surface area contributed by atoms with Gasteiger partial charge in [0.25, 0.3) is 0 Å². The van der Waals surface area contributed by atoms with Crippen molar-refractivity contribution in [2.75, 3.05) is 43.9 Å². The summed E-state index contributed by atoms with van der Waals surface area (Å²) in [5, 5.41) is 5.59. The number of carbonyl (C=O) groups is 3. The van der Waals surface area contributed by atoms with E-state index in [0.29, 0.717) is 50.4 Å². The number of nitrogens with one attached hydrogen (secondary N) is 2. The minimum absolute atomic E-state index is 0.0844. The fourth-order valence-electron chi connectivity index (χ4n) is 2.56. The molecule has 1 aliphatic rings. The number of amides is 4. The molecule has 4 amide bonds. The average molecular weight is 348 g/mol. The first kappa shape index (κ1) is 18.6. The van der Waals surface area contributed by atoms with Gasteiger partial charge in [-0.15, -0.1) is 0 Å². The Bertz CT molecular complexity index is 635. The Morgan fingerprint density at radius 2 is 1.68 bits per heavy atom. The zero-order valence-corrected chi connectivity index (χ0v) is 14.6. The first-order valence-electron chi connectivity index (χ1n) is 8.32. The lowest BCUT2D eigenvalue weighted by Crippen LogP contribution is -2.39. The summed E-state index contributed by atoms with van der Waals surface area (Å²) in [6.07, 6.45) is 0.706. The predicted molar refractivity (Wildman–Crippen MR) is 94.5 cm³/mol. The summed E-state index contributed by atoms with van der Waals surface area (Å²) in [6.45, 7) is 3.78. The zero-order chi connectivity index (χ0) is 18.2. The van der Waals surface area contributed by atoms with Crippen molar-refractivity contribution in [2.45, 2.75) is 19.8 Å². The van der Waals surface area contributed by atoms with E-state index in [0.717, 1.165) is 0 Å². The van der Waals surface area contributed by atoms with Crippen LogP contribution in [0.5, 0.6) is 0 Å². The van der Waals surface area contributed by atoms with E-state index in [4.69, 9.17) is 4.74 Å². The first-order valence-corrected chi connectivity index (χ1v) is 8.32.